The van der Waals surface area contributed by atoms with Crippen LogP contribution in [0.5, 0.6) is 0 Å². The van der Waals surface area contributed by atoms with Crippen LogP contribution in [0.4, 0.5) is 0 Å². The molecule has 2 aromatic rings. The van der Waals surface area contributed by atoms with Crippen molar-refractivity contribution in [1.29, 1.82) is 0 Å². The van der Waals surface area contributed by atoms with Gasteiger partial charge >= 0.3 is 0 Å². The monoisotopic (exact) mass is 542 g/mol. The van der Waals surface area contributed by atoms with E-state index in [9.17, 15) is 4.79 Å². The van der Waals surface area contributed by atoms with Gasteiger partial charge in [0.1, 0.15) is 0 Å². The first-order valence-corrected chi connectivity index (χ1v) is 10.7. The number of nitrogens with zero attached hydrogens (tertiary/aromatic N) is 5. The van der Waals surface area contributed by atoms with E-state index in [2.05, 4.69) is 32.6 Å². The van der Waals surface area contributed by atoms with Crippen LogP contribution in [-0.4, -0.2) is 71.6 Å². The second-order valence-electron chi connectivity index (χ2n) is 6.97. The summed E-state index contributed by atoms with van der Waals surface area (Å²) in [5.41, 5.74) is 2.09. The van der Waals surface area contributed by atoms with Gasteiger partial charge in [0.05, 0.1) is 6.54 Å². The van der Waals surface area contributed by atoms with Crippen molar-refractivity contribution < 1.29 is 9.32 Å². The lowest BCUT2D eigenvalue weighted by atomic mass is 10.1. The van der Waals surface area contributed by atoms with Gasteiger partial charge < -0.3 is 19.6 Å². The molecule has 0 radical (unpaired) electrons. The molecule has 0 fully saturated rings. The van der Waals surface area contributed by atoms with Gasteiger partial charge in [0, 0.05) is 45.2 Å². The quantitative estimate of drug-likeness (QED) is 0.282. The van der Waals surface area contributed by atoms with E-state index in [0.717, 1.165) is 44.0 Å². The number of likely N-dealkylation sites (N-methyl/N-ethyl adjacent to an activating group) is 2. The number of guanidine groups is 1. The van der Waals surface area contributed by atoms with Crippen LogP contribution in [0.1, 0.15) is 39.1 Å². The van der Waals surface area contributed by atoms with Gasteiger partial charge in [0.2, 0.25) is 5.91 Å². The first-order valence-electron chi connectivity index (χ1n) is 10.7. The molecule has 0 aliphatic heterocycles. The maximum atomic E-state index is 12.4. The summed E-state index contributed by atoms with van der Waals surface area (Å²) < 4.78 is 5.28. The molecule has 1 aromatic carbocycles. The highest BCUT2D eigenvalue weighted by atomic mass is 127. The molecular formula is C22H35IN6O2. The first kappa shape index (κ1) is 26.9. The lowest BCUT2D eigenvalue weighted by Crippen LogP contribution is -2.45. The SMILES string of the molecule is CCNC(=NCCc1ccc(-c2nc(CC)no2)cc1)N(C)CC(=O)N(CC)CC.I. The number of carbonyl (C=O) groups excluding carboxylic acids is 1. The Balaban J connectivity index is 0.00000480. The molecule has 0 atom stereocenters. The van der Waals surface area contributed by atoms with Crippen LogP contribution in [0.2, 0.25) is 0 Å². The minimum atomic E-state index is 0. The van der Waals surface area contributed by atoms with Crippen LogP contribution in [-0.2, 0) is 17.6 Å². The van der Waals surface area contributed by atoms with Gasteiger partial charge in [-0.25, -0.2) is 0 Å². The summed E-state index contributed by atoms with van der Waals surface area (Å²) in [6.45, 7) is 11.1. The third-order valence-corrected chi connectivity index (χ3v) is 4.83. The molecule has 172 valence electrons. The highest BCUT2D eigenvalue weighted by Crippen LogP contribution is 2.18. The number of aryl methyl sites for hydroxylation is 1. The fourth-order valence-electron chi connectivity index (χ4n) is 3.04. The van der Waals surface area contributed by atoms with E-state index < -0.39 is 0 Å². The average Bonchev–Trinajstić information content (AvgIpc) is 3.23. The van der Waals surface area contributed by atoms with Crippen LogP contribution in [0.25, 0.3) is 11.5 Å². The number of amides is 1. The molecule has 1 N–H and O–H groups in total. The summed E-state index contributed by atoms with van der Waals surface area (Å²) in [7, 11) is 1.90. The van der Waals surface area contributed by atoms with Crippen LogP contribution in [0.3, 0.4) is 0 Å². The maximum Gasteiger partial charge on any atom is 0.257 e. The molecule has 0 unspecified atom stereocenters. The lowest BCUT2D eigenvalue weighted by Gasteiger charge is -2.25. The van der Waals surface area contributed by atoms with E-state index in [1.807, 2.05) is 56.7 Å². The van der Waals surface area contributed by atoms with Crippen molar-refractivity contribution in [2.45, 2.75) is 40.5 Å². The Morgan fingerprint density at radius 3 is 2.35 bits per heavy atom. The zero-order chi connectivity index (χ0) is 21.9. The summed E-state index contributed by atoms with van der Waals surface area (Å²) in [6, 6.07) is 8.10. The molecule has 0 aliphatic rings. The normalized spacial score (nSPS) is 11.1. The van der Waals surface area contributed by atoms with Crippen molar-refractivity contribution in [2.75, 3.05) is 39.8 Å². The van der Waals surface area contributed by atoms with Crippen molar-refractivity contribution >= 4 is 35.8 Å². The molecule has 0 spiro atoms. The maximum absolute atomic E-state index is 12.4. The Labute approximate surface area is 202 Å². The number of halogens is 1. The Morgan fingerprint density at radius 2 is 1.81 bits per heavy atom. The summed E-state index contributed by atoms with van der Waals surface area (Å²) in [5.74, 6) is 2.11. The Hall–Kier alpha value is -2.17. The molecular weight excluding hydrogens is 507 g/mol. The molecule has 8 nitrogen and oxygen atoms in total. The van der Waals surface area contributed by atoms with Crippen LogP contribution in [0.15, 0.2) is 33.8 Å². The van der Waals surface area contributed by atoms with E-state index >= 15 is 0 Å². The summed E-state index contributed by atoms with van der Waals surface area (Å²) in [4.78, 5) is 25.1. The topological polar surface area (TPSA) is 86.9 Å². The lowest BCUT2D eigenvalue weighted by molar-refractivity contribution is -0.131. The van der Waals surface area contributed by atoms with Gasteiger partial charge in [-0.1, -0.05) is 24.2 Å². The minimum absolute atomic E-state index is 0. The van der Waals surface area contributed by atoms with Gasteiger partial charge in [-0.15, -0.1) is 24.0 Å². The molecule has 1 amide bonds. The van der Waals surface area contributed by atoms with Crippen molar-refractivity contribution in [3.05, 3.63) is 35.7 Å². The number of nitrogens with one attached hydrogen (secondary N) is 1. The third kappa shape index (κ3) is 8.12. The van der Waals surface area contributed by atoms with Crippen molar-refractivity contribution in [1.82, 2.24) is 25.3 Å². The van der Waals surface area contributed by atoms with Crippen molar-refractivity contribution in [2.24, 2.45) is 4.99 Å². The van der Waals surface area contributed by atoms with E-state index in [1.54, 1.807) is 0 Å². The summed E-state index contributed by atoms with van der Waals surface area (Å²) >= 11 is 0. The minimum Gasteiger partial charge on any atom is -0.357 e. The van der Waals surface area contributed by atoms with Crippen molar-refractivity contribution in [3.63, 3.8) is 0 Å². The molecule has 9 heteroatoms. The van der Waals surface area contributed by atoms with Crippen LogP contribution in [0, 0.1) is 0 Å². The molecule has 1 aromatic heterocycles. The number of benzene rings is 1. The number of aromatic nitrogens is 2. The van der Waals surface area contributed by atoms with Gasteiger partial charge in [0.25, 0.3) is 5.89 Å². The van der Waals surface area contributed by atoms with Gasteiger partial charge in [-0.05, 0) is 44.9 Å². The fourth-order valence-corrected chi connectivity index (χ4v) is 3.04. The summed E-state index contributed by atoms with van der Waals surface area (Å²) in [5, 5.41) is 7.20. The Morgan fingerprint density at radius 1 is 1.13 bits per heavy atom. The van der Waals surface area contributed by atoms with Crippen LogP contribution >= 0.6 is 24.0 Å². The Bertz CT molecular complexity index is 818. The summed E-state index contributed by atoms with van der Waals surface area (Å²) in [6.07, 6.45) is 1.56. The van der Waals surface area contributed by atoms with Gasteiger partial charge in [0.15, 0.2) is 11.8 Å². The fraction of sp³-hybridized carbons (Fsp3) is 0.545. The highest BCUT2D eigenvalue weighted by Gasteiger charge is 2.15. The van der Waals surface area contributed by atoms with Crippen molar-refractivity contribution in [3.8, 4) is 11.5 Å². The zero-order valence-corrected chi connectivity index (χ0v) is 21.6. The van der Waals surface area contributed by atoms with E-state index in [0.29, 0.717) is 24.8 Å². The molecule has 1 heterocycles. The number of carbonyl (C=O) groups is 1. The number of rotatable bonds is 10. The van der Waals surface area contributed by atoms with E-state index in [-0.39, 0.29) is 29.9 Å². The van der Waals surface area contributed by atoms with Gasteiger partial charge in [-0.3, -0.25) is 9.79 Å². The third-order valence-electron chi connectivity index (χ3n) is 4.83. The second-order valence-corrected chi connectivity index (χ2v) is 6.97. The van der Waals surface area contributed by atoms with E-state index in [1.165, 1.54) is 5.56 Å². The first-order chi connectivity index (χ1) is 14.5. The molecule has 0 bridgehead atoms. The molecule has 2 rings (SSSR count). The smallest absolute Gasteiger partial charge is 0.257 e. The van der Waals surface area contributed by atoms with E-state index in [4.69, 9.17) is 4.52 Å². The molecule has 31 heavy (non-hydrogen) atoms. The van der Waals surface area contributed by atoms with Gasteiger partial charge in [-0.2, -0.15) is 4.98 Å². The average molecular weight is 542 g/mol. The Kier molecular flexibility index (Phi) is 12.1. The molecule has 0 aliphatic carbocycles. The number of hydrogen-bond acceptors (Lipinski definition) is 5. The highest BCUT2D eigenvalue weighted by molar-refractivity contribution is 14.0. The number of aliphatic imine (C=N–C) groups is 1. The zero-order valence-electron chi connectivity index (χ0n) is 19.2. The largest absolute Gasteiger partial charge is 0.357 e. The molecule has 0 saturated heterocycles. The standard InChI is InChI=1S/C22H34N6O2.HI/c1-6-19-25-21(30-26-19)18-12-10-17(11-13-18)14-15-24-22(23-7-2)27(5)16-20(29)28(8-3)9-4;/h10-13H,6-9,14-16H2,1-5H3,(H,23,24);1H. The predicted molar refractivity (Wildman–Crippen MR) is 135 cm³/mol. The number of hydrogen-bond donors (Lipinski definition) is 1. The predicted octanol–water partition coefficient (Wildman–Crippen LogP) is 3.23. The molecule has 0 saturated carbocycles. The van der Waals surface area contributed by atoms with Crippen LogP contribution < -0.4 is 5.32 Å². The second kappa shape index (κ2) is 14.0.